The number of amides is 2. The number of nitrogens with one attached hydrogen (secondary N) is 2. The lowest BCUT2D eigenvalue weighted by atomic mass is 10.1. The summed E-state index contributed by atoms with van der Waals surface area (Å²) in [6.45, 7) is 1.17. The van der Waals surface area contributed by atoms with Crippen LogP contribution in [0.2, 0.25) is 0 Å². The molecule has 2 heterocycles. The van der Waals surface area contributed by atoms with Crippen LogP contribution in [0.4, 0.5) is 10.5 Å². The van der Waals surface area contributed by atoms with Crippen LogP contribution in [0.15, 0.2) is 96.4 Å². The van der Waals surface area contributed by atoms with Crippen LogP contribution in [0.25, 0.3) is 21.5 Å². The number of para-hydroxylation sites is 1. The summed E-state index contributed by atoms with van der Waals surface area (Å²) in [4.78, 5) is 13.9. The zero-order valence-electron chi connectivity index (χ0n) is 18.8. The quantitative estimate of drug-likeness (QED) is 0.278. The smallest absolute Gasteiger partial charge is 0.319 e. The number of fused-ring (bicyclic) bond motifs is 1. The van der Waals surface area contributed by atoms with Gasteiger partial charge in [-0.1, -0.05) is 54.6 Å². The van der Waals surface area contributed by atoms with E-state index in [4.69, 9.17) is 4.74 Å². The molecule has 34 heavy (non-hydrogen) atoms. The van der Waals surface area contributed by atoms with Crippen molar-refractivity contribution >= 4 is 34.0 Å². The molecule has 2 amide bonds. The zero-order valence-corrected chi connectivity index (χ0v) is 19.6. The van der Waals surface area contributed by atoms with Crippen LogP contribution in [0.1, 0.15) is 11.1 Å². The van der Waals surface area contributed by atoms with E-state index in [9.17, 15) is 4.79 Å². The third kappa shape index (κ3) is 4.54. The minimum absolute atomic E-state index is 0.248. The number of anilines is 1. The molecule has 0 saturated carbocycles. The van der Waals surface area contributed by atoms with Gasteiger partial charge in [-0.2, -0.15) is 0 Å². The Morgan fingerprint density at radius 3 is 2.41 bits per heavy atom. The Bertz CT molecular complexity index is 1390. The van der Waals surface area contributed by atoms with E-state index in [2.05, 4.69) is 75.2 Å². The molecular formula is C28H25N3O2S. The summed E-state index contributed by atoms with van der Waals surface area (Å²) in [5.41, 5.74) is 5.35. The molecule has 0 bridgehead atoms. The van der Waals surface area contributed by atoms with Gasteiger partial charge in [0.25, 0.3) is 0 Å². The van der Waals surface area contributed by atoms with Gasteiger partial charge >= 0.3 is 6.03 Å². The maximum atomic E-state index is 12.7. The molecule has 0 radical (unpaired) electrons. The molecule has 170 valence electrons. The fraction of sp³-hybridized carbons (Fsp3) is 0.107. The molecule has 0 unspecified atom stereocenters. The van der Waals surface area contributed by atoms with Crippen LogP contribution in [0.5, 0.6) is 5.75 Å². The molecule has 0 spiro atoms. The summed E-state index contributed by atoms with van der Waals surface area (Å²) in [6, 6.07) is 30.1. The third-order valence-electron chi connectivity index (χ3n) is 5.79. The van der Waals surface area contributed by atoms with Gasteiger partial charge in [-0.05, 0) is 47.3 Å². The van der Waals surface area contributed by atoms with Crippen molar-refractivity contribution in [1.82, 2.24) is 9.88 Å². The van der Waals surface area contributed by atoms with Crippen molar-refractivity contribution in [1.29, 1.82) is 0 Å². The average molecular weight is 468 g/mol. The normalized spacial score (nSPS) is 10.9. The number of hydrogen-bond donors (Lipinski definition) is 2. The van der Waals surface area contributed by atoms with Gasteiger partial charge in [0.05, 0.1) is 17.7 Å². The number of urea groups is 1. The number of rotatable bonds is 7. The summed E-state index contributed by atoms with van der Waals surface area (Å²) < 4.78 is 7.54. The average Bonchev–Trinajstić information content (AvgIpc) is 3.51. The zero-order chi connectivity index (χ0) is 23.3. The molecule has 0 atom stereocenters. The van der Waals surface area contributed by atoms with Gasteiger partial charge in [-0.15, -0.1) is 11.3 Å². The fourth-order valence-electron chi connectivity index (χ4n) is 4.20. The van der Waals surface area contributed by atoms with Gasteiger partial charge in [-0.3, -0.25) is 0 Å². The maximum absolute atomic E-state index is 12.7. The number of methoxy groups -OCH3 is 1. The number of carbonyl (C=O) groups is 1. The second kappa shape index (κ2) is 9.85. The van der Waals surface area contributed by atoms with E-state index in [-0.39, 0.29) is 6.03 Å². The van der Waals surface area contributed by atoms with Crippen molar-refractivity contribution in [3.05, 3.63) is 108 Å². The number of benzene rings is 3. The first-order valence-corrected chi connectivity index (χ1v) is 12.0. The molecule has 5 aromatic rings. The highest BCUT2D eigenvalue weighted by molar-refractivity contribution is 7.13. The van der Waals surface area contributed by atoms with E-state index >= 15 is 0 Å². The molecule has 2 aromatic heterocycles. The van der Waals surface area contributed by atoms with Gasteiger partial charge < -0.3 is 19.9 Å². The highest BCUT2D eigenvalue weighted by Crippen LogP contribution is 2.36. The first-order valence-electron chi connectivity index (χ1n) is 11.1. The van der Waals surface area contributed by atoms with Gasteiger partial charge in [0.2, 0.25) is 0 Å². The molecule has 5 nitrogen and oxygen atoms in total. The van der Waals surface area contributed by atoms with E-state index in [1.807, 2.05) is 36.4 Å². The lowest BCUT2D eigenvalue weighted by molar-refractivity contribution is 0.252. The van der Waals surface area contributed by atoms with Gasteiger partial charge in [0.15, 0.2) is 0 Å². The summed E-state index contributed by atoms with van der Waals surface area (Å²) in [7, 11) is 1.62. The van der Waals surface area contributed by atoms with Gasteiger partial charge in [0, 0.05) is 35.2 Å². The van der Waals surface area contributed by atoms with Crippen LogP contribution in [0, 0.1) is 0 Å². The van der Waals surface area contributed by atoms with Crippen molar-refractivity contribution in [3.8, 4) is 16.3 Å². The van der Waals surface area contributed by atoms with Crippen molar-refractivity contribution in [2.45, 2.75) is 13.1 Å². The number of hydrogen-bond acceptors (Lipinski definition) is 3. The Morgan fingerprint density at radius 1 is 0.912 bits per heavy atom. The van der Waals surface area contributed by atoms with E-state index in [0.717, 1.165) is 34.5 Å². The molecular weight excluding hydrogens is 442 g/mol. The second-order valence-corrected chi connectivity index (χ2v) is 8.88. The Kier molecular flexibility index (Phi) is 6.31. The monoisotopic (exact) mass is 467 g/mol. The number of carbonyl (C=O) groups excluding carboxylic acids is 1. The molecule has 5 rings (SSSR count). The second-order valence-electron chi connectivity index (χ2n) is 7.93. The summed E-state index contributed by atoms with van der Waals surface area (Å²) in [5.74, 6) is 0.748. The standard InChI is InChI=1S/C28H25N3O2S/c1-33-22-15-13-21(14-16-22)30-28(32)29-18-24-23-10-5-6-11-25(23)31(19-20-8-3-2-4-9-20)27(24)26-12-7-17-34-26/h2-17H,18-19H2,1H3,(H2,29,30,32). The molecule has 6 heteroatoms. The predicted molar refractivity (Wildman–Crippen MR) is 140 cm³/mol. The molecule has 0 saturated heterocycles. The Labute approximate surface area is 202 Å². The summed E-state index contributed by atoms with van der Waals surface area (Å²) >= 11 is 1.71. The van der Waals surface area contributed by atoms with Crippen LogP contribution in [0.3, 0.4) is 0 Å². The van der Waals surface area contributed by atoms with Crippen molar-refractivity contribution < 1.29 is 9.53 Å². The van der Waals surface area contributed by atoms with E-state index in [0.29, 0.717) is 12.2 Å². The molecule has 2 N–H and O–H groups in total. The Morgan fingerprint density at radius 2 is 1.68 bits per heavy atom. The number of aromatic nitrogens is 1. The van der Waals surface area contributed by atoms with Gasteiger partial charge in [0.1, 0.15) is 5.75 Å². The summed E-state index contributed by atoms with van der Waals surface area (Å²) in [6.07, 6.45) is 0. The van der Waals surface area contributed by atoms with Crippen LogP contribution in [-0.4, -0.2) is 17.7 Å². The summed E-state index contributed by atoms with van der Waals surface area (Å²) in [5, 5.41) is 9.20. The van der Waals surface area contributed by atoms with Crippen LogP contribution >= 0.6 is 11.3 Å². The number of nitrogens with zero attached hydrogens (tertiary/aromatic N) is 1. The first-order chi connectivity index (χ1) is 16.7. The van der Waals surface area contributed by atoms with Crippen LogP contribution in [-0.2, 0) is 13.1 Å². The topological polar surface area (TPSA) is 55.3 Å². The fourth-order valence-corrected chi connectivity index (χ4v) is 5.00. The van der Waals surface area contributed by atoms with Crippen molar-refractivity contribution in [3.63, 3.8) is 0 Å². The molecule has 0 aliphatic carbocycles. The predicted octanol–water partition coefficient (Wildman–Crippen LogP) is 6.75. The highest BCUT2D eigenvalue weighted by Gasteiger charge is 2.20. The Balaban J connectivity index is 1.47. The lowest BCUT2D eigenvalue weighted by Crippen LogP contribution is -2.28. The molecule has 0 aliphatic rings. The SMILES string of the molecule is COc1ccc(NC(=O)NCc2c(-c3cccs3)n(Cc3ccccc3)c3ccccc23)cc1. The number of thiophene rings is 1. The number of ether oxygens (including phenoxy) is 1. The maximum Gasteiger partial charge on any atom is 0.319 e. The highest BCUT2D eigenvalue weighted by atomic mass is 32.1. The van der Waals surface area contributed by atoms with Crippen molar-refractivity contribution in [2.24, 2.45) is 0 Å². The molecule has 0 fully saturated rings. The van der Waals surface area contributed by atoms with E-state index < -0.39 is 0 Å². The molecule has 3 aromatic carbocycles. The van der Waals surface area contributed by atoms with E-state index in [1.165, 1.54) is 10.4 Å². The largest absolute Gasteiger partial charge is 0.497 e. The third-order valence-corrected chi connectivity index (χ3v) is 6.66. The van der Waals surface area contributed by atoms with Gasteiger partial charge in [-0.25, -0.2) is 4.79 Å². The van der Waals surface area contributed by atoms with Crippen LogP contribution < -0.4 is 15.4 Å². The lowest BCUT2D eigenvalue weighted by Gasteiger charge is -2.13. The first kappa shape index (κ1) is 21.8. The minimum atomic E-state index is -0.248. The minimum Gasteiger partial charge on any atom is -0.497 e. The van der Waals surface area contributed by atoms with E-state index in [1.54, 1.807) is 18.4 Å². The Hall–Kier alpha value is -4.03. The molecule has 0 aliphatic heterocycles. The van der Waals surface area contributed by atoms with Crippen molar-refractivity contribution in [2.75, 3.05) is 12.4 Å².